The summed E-state index contributed by atoms with van der Waals surface area (Å²) in [5.41, 5.74) is 2.72. The van der Waals surface area contributed by atoms with E-state index in [1.54, 1.807) is 43.2 Å². The van der Waals surface area contributed by atoms with Crippen LogP contribution in [0.3, 0.4) is 0 Å². The summed E-state index contributed by atoms with van der Waals surface area (Å²) in [5.74, 6) is 1.72. The van der Waals surface area contributed by atoms with E-state index in [2.05, 4.69) is 20.7 Å². The van der Waals surface area contributed by atoms with Crippen LogP contribution in [0.25, 0.3) is 0 Å². The average Bonchev–Trinajstić information content (AvgIpc) is 3.21. The van der Waals surface area contributed by atoms with E-state index >= 15 is 0 Å². The molecule has 0 spiro atoms. The van der Waals surface area contributed by atoms with E-state index in [9.17, 15) is 4.79 Å². The minimum Gasteiger partial charge on any atom is -0.497 e. The first-order chi connectivity index (χ1) is 14.1. The van der Waals surface area contributed by atoms with Gasteiger partial charge in [-0.1, -0.05) is 18.2 Å². The van der Waals surface area contributed by atoms with Gasteiger partial charge in [0.15, 0.2) is 0 Å². The quantitative estimate of drug-likeness (QED) is 0.694. The maximum absolute atomic E-state index is 13.3. The van der Waals surface area contributed by atoms with Crippen LogP contribution in [0, 0.1) is 0 Å². The maximum atomic E-state index is 13.3. The summed E-state index contributed by atoms with van der Waals surface area (Å²) in [5, 5.41) is 10.5. The highest BCUT2D eigenvalue weighted by molar-refractivity contribution is 6.06. The lowest BCUT2D eigenvalue weighted by atomic mass is 9.94. The van der Waals surface area contributed by atoms with Gasteiger partial charge in [-0.05, 0) is 37.3 Å². The number of ether oxygens (including phenoxy) is 2. The maximum Gasteiger partial charge on any atom is 0.255 e. The fraction of sp³-hybridized carbons (Fsp3) is 0.190. The molecule has 0 bridgehead atoms. The Morgan fingerprint density at radius 3 is 2.59 bits per heavy atom. The van der Waals surface area contributed by atoms with Gasteiger partial charge >= 0.3 is 0 Å². The van der Waals surface area contributed by atoms with E-state index in [0.717, 1.165) is 11.3 Å². The molecule has 29 heavy (non-hydrogen) atoms. The molecule has 4 rings (SSSR count). The highest BCUT2D eigenvalue weighted by Crippen LogP contribution is 2.38. The van der Waals surface area contributed by atoms with Crippen LogP contribution in [0.1, 0.15) is 18.5 Å². The Bertz CT molecular complexity index is 1070. The van der Waals surface area contributed by atoms with Crippen LogP contribution in [-0.2, 0) is 4.79 Å². The van der Waals surface area contributed by atoms with Crippen molar-refractivity contribution in [1.29, 1.82) is 0 Å². The molecular formula is C21H21N5O3. The number of nitrogens with zero attached hydrogens (tertiary/aromatic N) is 3. The average molecular weight is 391 g/mol. The van der Waals surface area contributed by atoms with Crippen molar-refractivity contribution in [1.82, 2.24) is 14.8 Å². The summed E-state index contributed by atoms with van der Waals surface area (Å²) >= 11 is 0. The Hall–Kier alpha value is -3.81. The molecule has 1 aliphatic heterocycles. The summed E-state index contributed by atoms with van der Waals surface area (Å²) in [6.07, 6.45) is 1.46. The number of hydrogen-bond acceptors (Lipinski definition) is 6. The summed E-state index contributed by atoms with van der Waals surface area (Å²) < 4.78 is 12.4. The summed E-state index contributed by atoms with van der Waals surface area (Å²) in [6, 6.07) is 14.3. The molecule has 1 atom stereocenters. The van der Waals surface area contributed by atoms with Crippen LogP contribution < -0.4 is 20.1 Å². The fourth-order valence-electron chi connectivity index (χ4n) is 3.44. The number of benzene rings is 2. The second kappa shape index (κ2) is 7.67. The number of methoxy groups -OCH3 is 2. The van der Waals surface area contributed by atoms with E-state index in [4.69, 9.17) is 9.47 Å². The van der Waals surface area contributed by atoms with Crippen LogP contribution in [0.2, 0.25) is 0 Å². The second-order valence-corrected chi connectivity index (χ2v) is 6.52. The molecule has 0 saturated carbocycles. The molecular weight excluding hydrogens is 370 g/mol. The Labute approximate surface area is 168 Å². The Balaban J connectivity index is 1.75. The molecule has 148 valence electrons. The monoisotopic (exact) mass is 391 g/mol. The summed E-state index contributed by atoms with van der Waals surface area (Å²) in [4.78, 5) is 17.6. The van der Waals surface area contributed by atoms with Gasteiger partial charge in [0.1, 0.15) is 23.9 Å². The second-order valence-electron chi connectivity index (χ2n) is 6.52. The number of allylic oxidation sites excluding steroid dienone is 1. The minimum absolute atomic E-state index is 0.239. The largest absolute Gasteiger partial charge is 0.497 e. The number of anilines is 2. The molecule has 0 fully saturated rings. The highest BCUT2D eigenvalue weighted by Gasteiger charge is 2.35. The standard InChI is InChI=1S/C21H21N5O3/c1-13-18(20(27)25-14-8-10-15(28-2)11-9-14)19(26-21(24-13)22-12-23-26)16-6-4-5-7-17(16)29-3/h4-12,19H,1-3H3,(H,25,27)(H,22,23,24). The van der Waals surface area contributed by atoms with Crippen molar-refractivity contribution in [2.75, 3.05) is 24.9 Å². The topological polar surface area (TPSA) is 90.3 Å². The Kier molecular flexibility index (Phi) is 4.90. The third kappa shape index (κ3) is 3.40. The van der Waals surface area contributed by atoms with Crippen molar-refractivity contribution >= 4 is 17.5 Å². The van der Waals surface area contributed by atoms with E-state index < -0.39 is 6.04 Å². The number of amides is 1. The van der Waals surface area contributed by atoms with Crippen LogP contribution in [0.15, 0.2) is 66.1 Å². The predicted octanol–water partition coefficient (Wildman–Crippen LogP) is 3.22. The molecule has 1 unspecified atom stereocenters. The van der Waals surface area contributed by atoms with Crippen LogP contribution in [0.5, 0.6) is 11.5 Å². The minimum atomic E-state index is -0.483. The van der Waals surface area contributed by atoms with Gasteiger partial charge in [-0.15, -0.1) is 0 Å². The number of aromatic nitrogens is 3. The van der Waals surface area contributed by atoms with E-state index in [-0.39, 0.29) is 5.91 Å². The molecule has 2 aromatic carbocycles. The molecule has 0 saturated heterocycles. The SMILES string of the molecule is COc1ccc(NC(=O)C2=C(C)Nc3ncnn3C2c2ccccc2OC)cc1. The van der Waals surface area contributed by atoms with Crippen LogP contribution in [-0.4, -0.2) is 34.9 Å². The lowest BCUT2D eigenvalue weighted by molar-refractivity contribution is -0.113. The molecule has 8 nitrogen and oxygen atoms in total. The molecule has 2 heterocycles. The zero-order chi connectivity index (χ0) is 20.4. The van der Waals surface area contributed by atoms with Crippen molar-refractivity contribution < 1.29 is 14.3 Å². The van der Waals surface area contributed by atoms with E-state index in [0.29, 0.717) is 28.7 Å². The van der Waals surface area contributed by atoms with Gasteiger partial charge in [-0.3, -0.25) is 4.79 Å². The van der Waals surface area contributed by atoms with Crippen LogP contribution >= 0.6 is 0 Å². The number of carbonyl (C=O) groups excluding carboxylic acids is 1. The zero-order valence-corrected chi connectivity index (χ0v) is 16.3. The third-order valence-electron chi connectivity index (χ3n) is 4.82. The third-order valence-corrected chi connectivity index (χ3v) is 4.82. The number of nitrogens with one attached hydrogen (secondary N) is 2. The highest BCUT2D eigenvalue weighted by atomic mass is 16.5. The van der Waals surface area contributed by atoms with Gasteiger partial charge < -0.3 is 20.1 Å². The Morgan fingerprint density at radius 2 is 1.86 bits per heavy atom. The molecule has 1 amide bonds. The van der Waals surface area contributed by atoms with Gasteiger partial charge in [0.2, 0.25) is 5.95 Å². The van der Waals surface area contributed by atoms with Crippen LogP contribution in [0.4, 0.5) is 11.6 Å². The predicted molar refractivity (Wildman–Crippen MR) is 109 cm³/mol. The molecule has 1 aliphatic rings. The zero-order valence-electron chi connectivity index (χ0n) is 16.3. The van der Waals surface area contributed by atoms with Gasteiger partial charge in [-0.25, -0.2) is 4.68 Å². The van der Waals surface area contributed by atoms with Gasteiger partial charge in [0, 0.05) is 16.9 Å². The summed E-state index contributed by atoms with van der Waals surface area (Å²) in [7, 11) is 3.21. The molecule has 1 aromatic heterocycles. The summed E-state index contributed by atoms with van der Waals surface area (Å²) in [6.45, 7) is 1.85. The first-order valence-corrected chi connectivity index (χ1v) is 9.08. The first-order valence-electron chi connectivity index (χ1n) is 9.08. The normalized spacial score (nSPS) is 15.3. The van der Waals surface area contributed by atoms with Gasteiger partial charge in [-0.2, -0.15) is 10.1 Å². The number of fused-ring (bicyclic) bond motifs is 1. The van der Waals surface area contributed by atoms with Gasteiger partial charge in [0.05, 0.1) is 19.8 Å². The molecule has 0 radical (unpaired) electrons. The molecule has 3 aromatic rings. The Morgan fingerprint density at radius 1 is 1.10 bits per heavy atom. The van der Waals surface area contributed by atoms with E-state index in [1.165, 1.54) is 6.33 Å². The van der Waals surface area contributed by atoms with Crippen molar-refractivity contribution in [2.45, 2.75) is 13.0 Å². The molecule has 0 aliphatic carbocycles. The van der Waals surface area contributed by atoms with Gasteiger partial charge in [0.25, 0.3) is 5.91 Å². The number of rotatable bonds is 5. The van der Waals surface area contributed by atoms with Crippen molar-refractivity contribution in [3.8, 4) is 11.5 Å². The fourth-order valence-corrected chi connectivity index (χ4v) is 3.44. The molecule has 2 N–H and O–H groups in total. The van der Waals surface area contributed by atoms with Crippen molar-refractivity contribution in [3.05, 3.63) is 71.7 Å². The molecule has 8 heteroatoms. The smallest absolute Gasteiger partial charge is 0.255 e. The first kappa shape index (κ1) is 18.5. The lowest BCUT2D eigenvalue weighted by Gasteiger charge is -2.29. The lowest BCUT2D eigenvalue weighted by Crippen LogP contribution is -2.31. The number of para-hydroxylation sites is 1. The van der Waals surface area contributed by atoms with E-state index in [1.807, 2.05) is 31.2 Å². The number of hydrogen-bond donors (Lipinski definition) is 2. The van der Waals surface area contributed by atoms with Crippen molar-refractivity contribution in [3.63, 3.8) is 0 Å². The number of carbonyl (C=O) groups is 1. The van der Waals surface area contributed by atoms with Crippen molar-refractivity contribution in [2.24, 2.45) is 0 Å².